The maximum absolute atomic E-state index is 5.52. The summed E-state index contributed by atoms with van der Waals surface area (Å²) in [7, 11) is 0. The van der Waals surface area contributed by atoms with E-state index in [1.807, 2.05) is 0 Å². The topological polar surface area (TPSA) is 18.5 Å². The van der Waals surface area contributed by atoms with Gasteiger partial charge in [-0.3, -0.25) is 0 Å². The van der Waals surface area contributed by atoms with Crippen LogP contribution in [0.3, 0.4) is 0 Å². The van der Waals surface area contributed by atoms with Crippen LogP contribution in [0.2, 0.25) is 0 Å². The van der Waals surface area contributed by atoms with Crippen molar-refractivity contribution in [2.24, 2.45) is 10.8 Å². The summed E-state index contributed by atoms with van der Waals surface area (Å²) in [5, 5.41) is 0. The summed E-state index contributed by atoms with van der Waals surface area (Å²) in [5.41, 5.74) is 0.715. The summed E-state index contributed by atoms with van der Waals surface area (Å²) in [6.07, 6.45) is 6.03. The number of hydrogen-bond acceptors (Lipinski definition) is 2. The summed E-state index contributed by atoms with van der Waals surface area (Å²) in [6.45, 7) is 15.4. The fourth-order valence-electron chi connectivity index (χ4n) is 2.52. The molecule has 18 heavy (non-hydrogen) atoms. The van der Waals surface area contributed by atoms with E-state index in [4.69, 9.17) is 9.47 Å². The third-order valence-electron chi connectivity index (χ3n) is 3.79. The fourth-order valence-corrected chi connectivity index (χ4v) is 2.52. The number of ether oxygens (including phenoxy) is 2. The lowest BCUT2D eigenvalue weighted by Crippen LogP contribution is -2.24. The second kappa shape index (κ2) is 6.38. The molecule has 2 rings (SSSR count). The van der Waals surface area contributed by atoms with E-state index in [0.29, 0.717) is 23.0 Å². The molecule has 0 bridgehead atoms. The molecule has 2 aliphatic rings. The molecule has 0 aliphatic carbocycles. The largest absolute Gasteiger partial charge is 0.378 e. The van der Waals surface area contributed by atoms with Crippen molar-refractivity contribution in [3.63, 3.8) is 0 Å². The summed E-state index contributed by atoms with van der Waals surface area (Å²) in [6, 6.07) is 0. The van der Waals surface area contributed by atoms with E-state index >= 15 is 0 Å². The standard InChI is InChI=1S/2C8H16O/c2*1-8(2,3)7-5-4-6-9-7/h2*7H,4-6H2,1-3H3/t2*7-/m10/s1. The van der Waals surface area contributed by atoms with Crippen molar-refractivity contribution in [2.75, 3.05) is 13.2 Å². The molecule has 2 aliphatic heterocycles. The van der Waals surface area contributed by atoms with Gasteiger partial charge in [0.1, 0.15) is 0 Å². The van der Waals surface area contributed by atoms with Crippen LogP contribution >= 0.6 is 0 Å². The molecule has 0 saturated carbocycles. The minimum absolute atomic E-state index is 0.358. The van der Waals surface area contributed by atoms with Crippen molar-refractivity contribution in [1.82, 2.24) is 0 Å². The monoisotopic (exact) mass is 256 g/mol. The van der Waals surface area contributed by atoms with Gasteiger partial charge in [-0.15, -0.1) is 0 Å². The highest BCUT2D eigenvalue weighted by Crippen LogP contribution is 2.30. The molecule has 0 amide bonds. The molecular weight excluding hydrogens is 224 g/mol. The Morgan fingerprint density at radius 1 is 0.667 bits per heavy atom. The molecule has 0 N–H and O–H groups in total. The van der Waals surface area contributed by atoms with Gasteiger partial charge in [-0.2, -0.15) is 0 Å². The maximum atomic E-state index is 5.52. The van der Waals surface area contributed by atoms with Crippen LogP contribution in [0.25, 0.3) is 0 Å². The quantitative estimate of drug-likeness (QED) is 0.638. The summed E-state index contributed by atoms with van der Waals surface area (Å²) < 4.78 is 11.0. The molecule has 2 nitrogen and oxygen atoms in total. The van der Waals surface area contributed by atoms with E-state index < -0.39 is 0 Å². The van der Waals surface area contributed by atoms with Crippen LogP contribution in [-0.2, 0) is 9.47 Å². The van der Waals surface area contributed by atoms with Crippen LogP contribution in [0.15, 0.2) is 0 Å². The molecule has 0 spiro atoms. The second-order valence-electron chi connectivity index (χ2n) is 7.74. The lowest BCUT2D eigenvalue weighted by molar-refractivity contribution is 0.0290. The third-order valence-corrected chi connectivity index (χ3v) is 3.79. The zero-order valence-electron chi connectivity index (χ0n) is 13.2. The van der Waals surface area contributed by atoms with Crippen molar-refractivity contribution in [3.8, 4) is 0 Å². The van der Waals surface area contributed by atoms with Gasteiger partial charge in [-0.1, -0.05) is 41.5 Å². The van der Waals surface area contributed by atoms with E-state index in [9.17, 15) is 0 Å². The van der Waals surface area contributed by atoms with E-state index in [1.54, 1.807) is 0 Å². The highest BCUT2D eigenvalue weighted by molar-refractivity contribution is 4.78. The minimum Gasteiger partial charge on any atom is -0.378 e. The maximum Gasteiger partial charge on any atom is 0.0624 e. The van der Waals surface area contributed by atoms with Crippen molar-refractivity contribution in [1.29, 1.82) is 0 Å². The summed E-state index contributed by atoms with van der Waals surface area (Å²) in [4.78, 5) is 0. The van der Waals surface area contributed by atoms with Crippen molar-refractivity contribution in [3.05, 3.63) is 0 Å². The average molecular weight is 256 g/mol. The molecule has 2 fully saturated rings. The zero-order valence-corrected chi connectivity index (χ0v) is 13.2. The van der Waals surface area contributed by atoms with Crippen LogP contribution in [-0.4, -0.2) is 25.4 Å². The van der Waals surface area contributed by atoms with Crippen LogP contribution in [0, 0.1) is 10.8 Å². The van der Waals surface area contributed by atoms with Crippen molar-refractivity contribution >= 4 is 0 Å². The van der Waals surface area contributed by atoms with Crippen LogP contribution in [0.4, 0.5) is 0 Å². The van der Waals surface area contributed by atoms with Crippen molar-refractivity contribution in [2.45, 2.75) is 79.4 Å². The normalized spacial score (nSPS) is 29.0. The van der Waals surface area contributed by atoms with Crippen LogP contribution in [0.1, 0.15) is 67.2 Å². The van der Waals surface area contributed by atoms with Gasteiger partial charge in [0.05, 0.1) is 12.2 Å². The SMILES string of the molecule is CC(C)(C)[C@@H]1CCCO1.CC(C)(C)[C@H]1CCCO1. The first-order valence-corrected chi connectivity index (χ1v) is 7.44. The molecule has 0 aromatic heterocycles. The van der Waals surface area contributed by atoms with Gasteiger partial charge in [-0.25, -0.2) is 0 Å². The molecule has 2 atom stereocenters. The second-order valence-corrected chi connectivity index (χ2v) is 7.74. The van der Waals surface area contributed by atoms with Gasteiger partial charge in [-0.05, 0) is 36.5 Å². The molecule has 0 aromatic rings. The summed E-state index contributed by atoms with van der Waals surface area (Å²) in [5.74, 6) is 0. The van der Waals surface area contributed by atoms with Crippen LogP contribution in [0.5, 0.6) is 0 Å². The number of hydrogen-bond donors (Lipinski definition) is 0. The highest BCUT2D eigenvalue weighted by Gasteiger charge is 2.28. The predicted molar refractivity (Wildman–Crippen MR) is 76.9 cm³/mol. The zero-order chi connectivity index (χ0) is 13.8. The van der Waals surface area contributed by atoms with Crippen molar-refractivity contribution < 1.29 is 9.47 Å². The van der Waals surface area contributed by atoms with E-state index in [0.717, 1.165) is 13.2 Å². The lowest BCUT2D eigenvalue weighted by atomic mass is 9.88. The lowest BCUT2D eigenvalue weighted by Gasteiger charge is -2.25. The highest BCUT2D eigenvalue weighted by atomic mass is 16.5. The predicted octanol–water partition coefficient (Wildman–Crippen LogP) is 4.42. The van der Waals surface area contributed by atoms with E-state index in [2.05, 4.69) is 41.5 Å². The molecule has 2 heterocycles. The third kappa shape index (κ3) is 5.27. The molecule has 0 aromatic carbocycles. The summed E-state index contributed by atoms with van der Waals surface area (Å²) >= 11 is 0. The molecule has 0 radical (unpaired) electrons. The van der Waals surface area contributed by atoms with Gasteiger partial charge < -0.3 is 9.47 Å². The van der Waals surface area contributed by atoms with Gasteiger partial charge in [0.15, 0.2) is 0 Å². The molecule has 108 valence electrons. The Hall–Kier alpha value is -0.0800. The molecule has 2 heteroatoms. The van der Waals surface area contributed by atoms with E-state index in [1.165, 1.54) is 25.7 Å². The average Bonchev–Trinajstić information content (AvgIpc) is 2.91. The Labute approximate surface area is 113 Å². The smallest absolute Gasteiger partial charge is 0.0624 e. The Morgan fingerprint density at radius 3 is 1.11 bits per heavy atom. The fraction of sp³-hybridized carbons (Fsp3) is 1.00. The van der Waals surface area contributed by atoms with Gasteiger partial charge >= 0.3 is 0 Å². The van der Waals surface area contributed by atoms with Crippen LogP contribution < -0.4 is 0 Å². The Kier molecular flexibility index (Phi) is 5.67. The van der Waals surface area contributed by atoms with Gasteiger partial charge in [0.2, 0.25) is 0 Å². The number of rotatable bonds is 0. The Morgan fingerprint density at radius 2 is 1.00 bits per heavy atom. The molecule has 2 saturated heterocycles. The first-order chi connectivity index (χ1) is 8.21. The van der Waals surface area contributed by atoms with Gasteiger partial charge in [0.25, 0.3) is 0 Å². The molecule has 0 unspecified atom stereocenters. The Balaban J connectivity index is 0.000000180. The first-order valence-electron chi connectivity index (χ1n) is 7.44. The minimum atomic E-state index is 0.358. The Bertz CT molecular complexity index is 196. The van der Waals surface area contributed by atoms with Gasteiger partial charge in [0, 0.05) is 13.2 Å². The molecular formula is C16H32O2. The van der Waals surface area contributed by atoms with E-state index in [-0.39, 0.29) is 0 Å². The first kappa shape index (κ1) is 16.0.